The highest BCUT2D eigenvalue weighted by Gasteiger charge is 2.38. The van der Waals surface area contributed by atoms with Gasteiger partial charge in [-0.15, -0.1) is 0 Å². The van der Waals surface area contributed by atoms with Gasteiger partial charge in [-0.05, 0) is 44.4 Å². The Morgan fingerprint density at radius 1 is 1.29 bits per heavy atom. The van der Waals surface area contributed by atoms with E-state index in [9.17, 15) is 0 Å². The summed E-state index contributed by atoms with van der Waals surface area (Å²) in [5.41, 5.74) is 6.26. The summed E-state index contributed by atoms with van der Waals surface area (Å²) in [6.07, 6.45) is 7.16. The van der Waals surface area contributed by atoms with Crippen LogP contribution in [-0.2, 0) is 4.74 Å². The van der Waals surface area contributed by atoms with Crippen molar-refractivity contribution in [2.75, 3.05) is 7.11 Å². The SMILES string of the molecule is COC1(CC(N)CCC(C)C)CCC1. The molecule has 0 aromatic heterocycles. The standard InChI is InChI=1S/C12H25NO/c1-10(2)5-6-11(13)9-12(14-3)7-4-8-12/h10-11H,4-9,13H2,1-3H3. The van der Waals surface area contributed by atoms with Gasteiger partial charge in [0.25, 0.3) is 0 Å². The Bertz CT molecular complexity index is 158. The summed E-state index contributed by atoms with van der Waals surface area (Å²) in [6, 6.07) is 0.331. The highest BCUT2D eigenvalue weighted by atomic mass is 16.5. The lowest BCUT2D eigenvalue weighted by molar-refractivity contribution is -0.0819. The molecule has 2 heteroatoms. The van der Waals surface area contributed by atoms with Crippen LogP contribution < -0.4 is 5.73 Å². The minimum Gasteiger partial charge on any atom is -0.378 e. The fraction of sp³-hybridized carbons (Fsp3) is 1.00. The first-order valence-corrected chi connectivity index (χ1v) is 5.89. The number of ether oxygens (including phenoxy) is 1. The van der Waals surface area contributed by atoms with Crippen LogP contribution in [0.25, 0.3) is 0 Å². The molecule has 14 heavy (non-hydrogen) atoms. The minimum atomic E-state index is 0.149. The third-order valence-corrected chi connectivity index (χ3v) is 3.45. The average molecular weight is 199 g/mol. The van der Waals surface area contributed by atoms with Gasteiger partial charge in [0.1, 0.15) is 0 Å². The zero-order valence-corrected chi connectivity index (χ0v) is 9.88. The second-order valence-corrected chi connectivity index (χ2v) is 5.18. The largest absolute Gasteiger partial charge is 0.378 e. The van der Waals surface area contributed by atoms with Crippen molar-refractivity contribution in [3.05, 3.63) is 0 Å². The average Bonchev–Trinajstić information content (AvgIpc) is 2.08. The summed E-state index contributed by atoms with van der Waals surface area (Å²) in [5.74, 6) is 0.765. The minimum absolute atomic E-state index is 0.149. The number of hydrogen-bond donors (Lipinski definition) is 1. The summed E-state index contributed by atoms with van der Waals surface area (Å²) in [7, 11) is 1.83. The molecular weight excluding hydrogens is 174 g/mol. The van der Waals surface area contributed by atoms with Gasteiger partial charge in [0.15, 0.2) is 0 Å². The molecular formula is C12H25NO. The van der Waals surface area contributed by atoms with Crippen molar-refractivity contribution in [1.29, 1.82) is 0 Å². The fourth-order valence-electron chi connectivity index (χ4n) is 2.19. The van der Waals surface area contributed by atoms with Crippen LogP contribution in [0.2, 0.25) is 0 Å². The predicted octanol–water partition coefficient (Wildman–Crippen LogP) is 2.71. The van der Waals surface area contributed by atoms with Crippen LogP contribution in [0.5, 0.6) is 0 Å². The Morgan fingerprint density at radius 2 is 1.93 bits per heavy atom. The summed E-state index contributed by atoms with van der Waals surface area (Å²) in [5, 5.41) is 0. The number of methoxy groups -OCH3 is 1. The molecule has 0 bridgehead atoms. The Hall–Kier alpha value is -0.0800. The van der Waals surface area contributed by atoms with Crippen molar-refractivity contribution in [3.63, 3.8) is 0 Å². The van der Waals surface area contributed by atoms with Crippen LogP contribution in [-0.4, -0.2) is 18.8 Å². The van der Waals surface area contributed by atoms with Gasteiger partial charge in [-0.2, -0.15) is 0 Å². The predicted molar refractivity (Wildman–Crippen MR) is 60.3 cm³/mol. The molecule has 1 unspecified atom stereocenters. The molecule has 0 radical (unpaired) electrons. The summed E-state index contributed by atoms with van der Waals surface area (Å²) in [6.45, 7) is 4.50. The molecule has 0 aromatic rings. The van der Waals surface area contributed by atoms with Crippen molar-refractivity contribution < 1.29 is 4.74 Å². The van der Waals surface area contributed by atoms with Gasteiger partial charge < -0.3 is 10.5 Å². The molecule has 1 atom stereocenters. The van der Waals surface area contributed by atoms with E-state index in [4.69, 9.17) is 10.5 Å². The Labute approximate surface area is 88.2 Å². The molecule has 0 spiro atoms. The lowest BCUT2D eigenvalue weighted by atomic mass is 9.75. The smallest absolute Gasteiger partial charge is 0.0693 e. The van der Waals surface area contributed by atoms with Crippen LogP contribution in [0.4, 0.5) is 0 Å². The van der Waals surface area contributed by atoms with Crippen LogP contribution in [0.1, 0.15) is 52.4 Å². The fourth-order valence-corrected chi connectivity index (χ4v) is 2.19. The molecule has 0 aromatic carbocycles. The number of nitrogens with two attached hydrogens (primary N) is 1. The van der Waals surface area contributed by atoms with Crippen LogP contribution >= 0.6 is 0 Å². The number of rotatable bonds is 6. The van der Waals surface area contributed by atoms with Gasteiger partial charge in [-0.25, -0.2) is 0 Å². The molecule has 2 nitrogen and oxygen atoms in total. The van der Waals surface area contributed by atoms with Gasteiger partial charge in [0, 0.05) is 13.2 Å². The van der Waals surface area contributed by atoms with Crippen LogP contribution in [0, 0.1) is 5.92 Å². The maximum atomic E-state index is 6.11. The highest BCUT2D eigenvalue weighted by Crippen LogP contribution is 2.39. The molecule has 0 saturated heterocycles. The van der Waals surface area contributed by atoms with Crippen molar-refractivity contribution in [3.8, 4) is 0 Å². The first-order valence-electron chi connectivity index (χ1n) is 5.89. The van der Waals surface area contributed by atoms with Crippen molar-refractivity contribution in [2.45, 2.75) is 64.0 Å². The molecule has 2 N–H and O–H groups in total. The van der Waals surface area contributed by atoms with Crippen molar-refractivity contribution >= 4 is 0 Å². The lowest BCUT2D eigenvalue weighted by Crippen LogP contribution is -2.44. The summed E-state index contributed by atoms with van der Waals surface area (Å²) < 4.78 is 5.57. The van der Waals surface area contributed by atoms with E-state index in [0.29, 0.717) is 6.04 Å². The maximum Gasteiger partial charge on any atom is 0.0693 e. The third-order valence-electron chi connectivity index (χ3n) is 3.45. The Morgan fingerprint density at radius 3 is 2.29 bits per heavy atom. The zero-order chi connectivity index (χ0) is 10.6. The van der Waals surface area contributed by atoms with Gasteiger partial charge >= 0.3 is 0 Å². The molecule has 1 saturated carbocycles. The van der Waals surface area contributed by atoms with Crippen LogP contribution in [0.15, 0.2) is 0 Å². The lowest BCUT2D eigenvalue weighted by Gasteiger charge is -2.42. The van der Waals surface area contributed by atoms with E-state index < -0.39 is 0 Å². The summed E-state index contributed by atoms with van der Waals surface area (Å²) >= 11 is 0. The number of hydrogen-bond acceptors (Lipinski definition) is 2. The van der Waals surface area contributed by atoms with Crippen molar-refractivity contribution in [1.82, 2.24) is 0 Å². The quantitative estimate of drug-likeness (QED) is 0.714. The van der Waals surface area contributed by atoms with E-state index in [1.807, 2.05) is 7.11 Å². The normalized spacial score (nSPS) is 22.1. The van der Waals surface area contributed by atoms with Crippen molar-refractivity contribution in [2.24, 2.45) is 11.7 Å². The first-order chi connectivity index (χ1) is 6.58. The second-order valence-electron chi connectivity index (χ2n) is 5.18. The topological polar surface area (TPSA) is 35.2 Å². The van der Waals surface area contributed by atoms with E-state index >= 15 is 0 Å². The Balaban J connectivity index is 2.21. The van der Waals surface area contributed by atoms with Gasteiger partial charge in [0.2, 0.25) is 0 Å². The van der Waals surface area contributed by atoms with Gasteiger partial charge in [-0.3, -0.25) is 0 Å². The van der Waals surface area contributed by atoms with Gasteiger partial charge in [-0.1, -0.05) is 13.8 Å². The van der Waals surface area contributed by atoms with Crippen LogP contribution in [0.3, 0.4) is 0 Å². The molecule has 1 fully saturated rings. The second kappa shape index (κ2) is 5.13. The molecule has 0 heterocycles. The molecule has 0 aliphatic heterocycles. The van der Waals surface area contributed by atoms with E-state index in [0.717, 1.165) is 18.8 Å². The molecule has 0 amide bonds. The molecule has 84 valence electrons. The molecule has 1 aliphatic carbocycles. The van der Waals surface area contributed by atoms with E-state index in [2.05, 4.69) is 13.8 Å². The highest BCUT2D eigenvalue weighted by molar-refractivity contribution is 4.92. The monoisotopic (exact) mass is 199 g/mol. The molecule has 1 rings (SSSR count). The summed E-state index contributed by atoms with van der Waals surface area (Å²) in [4.78, 5) is 0. The van der Waals surface area contributed by atoms with Gasteiger partial charge in [0.05, 0.1) is 5.60 Å². The third kappa shape index (κ3) is 3.25. The van der Waals surface area contributed by atoms with E-state index in [1.54, 1.807) is 0 Å². The first kappa shape index (κ1) is 12.0. The molecule has 1 aliphatic rings. The van der Waals surface area contributed by atoms with E-state index in [1.165, 1.54) is 25.7 Å². The van der Waals surface area contributed by atoms with E-state index in [-0.39, 0.29) is 5.60 Å². The Kier molecular flexibility index (Phi) is 4.39. The zero-order valence-electron chi connectivity index (χ0n) is 9.88. The maximum absolute atomic E-state index is 6.11.